The van der Waals surface area contributed by atoms with Crippen molar-refractivity contribution < 1.29 is 0 Å². The zero-order valence-corrected chi connectivity index (χ0v) is 18.1. The van der Waals surface area contributed by atoms with Crippen LogP contribution in [0, 0.1) is 0 Å². The molecule has 0 atom stereocenters. The minimum absolute atomic E-state index is 0.0616. The van der Waals surface area contributed by atoms with Crippen LogP contribution in [-0.2, 0) is 5.41 Å². The number of rotatable bonds is 1. The Morgan fingerprint density at radius 3 is 2.31 bits per heavy atom. The van der Waals surface area contributed by atoms with Crippen LogP contribution in [0.5, 0.6) is 0 Å². The average molecular weight is 411 g/mol. The van der Waals surface area contributed by atoms with E-state index in [4.69, 9.17) is 4.98 Å². The second kappa shape index (κ2) is 6.08. The van der Waals surface area contributed by atoms with Crippen molar-refractivity contribution >= 4 is 32.6 Å². The molecule has 0 spiro atoms. The van der Waals surface area contributed by atoms with Gasteiger partial charge in [-0.1, -0.05) is 80.6 Å². The zero-order valence-electron chi connectivity index (χ0n) is 18.1. The predicted molar refractivity (Wildman–Crippen MR) is 134 cm³/mol. The highest BCUT2D eigenvalue weighted by molar-refractivity contribution is 6.23. The van der Waals surface area contributed by atoms with Crippen LogP contribution in [0.1, 0.15) is 25.0 Å². The summed E-state index contributed by atoms with van der Waals surface area (Å²) >= 11 is 0. The number of fused-ring (bicyclic) bond motifs is 9. The maximum atomic E-state index is 4.70. The second-order valence-electron chi connectivity index (χ2n) is 9.26. The molecule has 0 radical (unpaired) electrons. The van der Waals surface area contributed by atoms with Gasteiger partial charge in [0.2, 0.25) is 0 Å². The molecule has 0 unspecified atom stereocenters. The third-order valence-corrected chi connectivity index (χ3v) is 7.21. The lowest BCUT2D eigenvalue weighted by Gasteiger charge is -2.23. The molecular weight excluding hydrogens is 388 g/mol. The van der Waals surface area contributed by atoms with Gasteiger partial charge in [-0.3, -0.25) is 4.57 Å². The monoisotopic (exact) mass is 410 g/mol. The van der Waals surface area contributed by atoms with E-state index in [0.717, 1.165) is 5.82 Å². The fourth-order valence-corrected chi connectivity index (χ4v) is 5.88. The average Bonchev–Trinajstić information content (AvgIpc) is 3.29. The van der Waals surface area contributed by atoms with E-state index in [2.05, 4.69) is 103 Å². The summed E-state index contributed by atoms with van der Waals surface area (Å²) in [6, 6.07) is 32.9. The van der Waals surface area contributed by atoms with Crippen molar-refractivity contribution in [3.8, 4) is 16.9 Å². The van der Waals surface area contributed by atoms with Crippen molar-refractivity contribution in [2.24, 2.45) is 0 Å². The first-order chi connectivity index (χ1) is 15.7. The van der Waals surface area contributed by atoms with E-state index in [-0.39, 0.29) is 5.41 Å². The number of hydrogen-bond donors (Lipinski definition) is 0. The van der Waals surface area contributed by atoms with Gasteiger partial charge in [-0.2, -0.15) is 0 Å². The standard InChI is InChI=1S/C30H22N2/c1-30(2)23-11-5-3-9-20(23)21-16-14-19-15-17-25-28(27(19)29(21)30)22-10-4-6-12-24(22)32(25)26-13-7-8-18-31-26/h3-18H,1-2H3. The lowest BCUT2D eigenvalue weighted by atomic mass is 9.79. The van der Waals surface area contributed by atoms with Crippen molar-refractivity contribution in [2.75, 3.05) is 0 Å². The van der Waals surface area contributed by atoms with Gasteiger partial charge in [0.25, 0.3) is 0 Å². The van der Waals surface area contributed by atoms with Crippen molar-refractivity contribution in [1.82, 2.24) is 9.55 Å². The summed E-state index contributed by atoms with van der Waals surface area (Å²) < 4.78 is 2.30. The van der Waals surface area contributed by atoms with Crippen molar-refractivity contribution in [3.05, 3.63) is 108 Å². The van der Waals surface area contributed by atoms with Crippen LogP contribution in [-0.4, -0.2) is 9.55 Å². The summed E-state index contributed by atoms with van der Waals surface area (Å²) in [5.74, 6) is 0.952. The molecule has 0 saturated heterocycles. The molecular formula is C30H22N2. The van der Waals surface area contributed by atoms with Gasteiger partial charge < -0.3 is 0 Å². The van der Waals surface area contributed by atoms with Crippen molar-refractivity contribution in [1.29, 1.82) is 0 Å². The summed E-state index contributed by atoms with van der Waals surface area (Å²) in [4.78, 5) is 4.70. The maximum absolute atomic E-state index is 4.70. The number of aromatic nitrogens is 2. The van der Waals surface area contributed by atoms with E-state index < -0.39 is 0 Å². The maximum Gasteiger partial charge on any atom is 0.137 e. The van der Waals surface area contributed by atoms with Crippen LogP contribution in [0.2, 0.25) is 0 Å². The van der Waals surface area contributed by atoms with E-state index in [1.165, 1.54) is 54.8 Å². The quantitative estimate of drug-likeness (QED) is 0.272. The van der Waals surface area contributed by atoms with Crippen molar-refractivity contribution in [2.45, 2.75) is 19.3 Å². The first-order valence-electron chi connectivity index (χ1n) is 11.2. The van der Waals surface area contributed by atoms with Gasteiger partial charge >= 0.3 is 0 Å². The molecule has 7 rings (SSSR count). The first-order valence-corrected chi connectivity index (χ1v) is 11.2. The topological polar surface area (TPSA) is 17.8 Å². The Kier molecular flexibility index (Phi) is 3.37. The van der Waals surface area contributed by atoms with E-state index in [9.17, 15) is 0 Å². The van der Waals surface area contributed by atoms with E-state index in [1.54, 1.807) is 0 Å². The molecule has 32 heavy (non-hydrogen) atoms. The molecule has 6 aromatic rings. The summed E-state index contributed by atoms with van der Waals surface area (Å²) in [5, 5.41) is 5.26. The molecule has 0 amide bonds. The number of benzene rings is 4. The largest absolute Gasteiger partial charge is 0.294 e. The van der Waals surface area contributed by atoms with Gasteiger partial charge in [0.05, 0.1) is 11.0 Å². The van der Waals surface area contributed by atoms with Gasteiger partial charge in [0, 0.05) is 22.4 Å². The van der Waals surface area contributed by atoms with E-state index in [0.29, 0.717) is 0 Å². The van der Waals surface area contributed by atoms with Gasteiger partial charge in [-0.05, 0) is 57.3 Å². The highest BCUT2D eigenvalue weighted by Gasteiger charge is 2.37. The fourth-order valence-electron chi connectivity index (χ4n) is 5.88. The molecule has 2 heteroatoms. The molecule has 1 aliphatic rings. The zero-order chi connectivity index (χ0) is 21.4. The number of pyridine rings is 1. The molecule has 2 aromatic heterocycles. The van der Waals surface area contributed by atoms with Crippen LogP contribution < -0.4 is 0 Å². The lowest BCUT2D eigenvalue weighted by molar-refractivity contribution is 0.666. The summed E-state index contributed by atoms with van der Waals surface area (Å²) in [7, 11) is 0. The van der Waals surface area contributed by atoms with Gasteiger partial charge in [-0.15, -0.1) is 0 Å². The smallest absolute Gasteiger partial charge is 0.137 e. The second-order valence-corrected chi connectivity index (χ2v) is 9.26. The van der Waals surface area contributed by atoms with Crippen LogP contribution >= 0.6 is 0 Å². The molecule has 0 aliphatic heterocycles. The highest BCUT2D eigenvalue weighted by Crippen LogP contribution is 2.53. The van der Waals surface area contributed by atoms with Gasteiger partial charge in [0.1, 0.15) is 5.82 Å². The Morgan fingerprint density at radius 1 is 0.656 bits per heavy atom. The first kappa shape index (κ1) is 17.7. The molecule has 2 heterocycles. The molecule has 4 aromatic carbocycles. The van der Waals surface area contributed by atoms with Gasteiger partial charge in [-0.25, -0.2) is 4.98 Å². The Labute approximate surface area is 186 Å². The molecule has 2 nitrogen and oxygen atoms in total. The molecule has 0 bridgehead atoms. The molecule has 0 fully saturated rings. The summed E-state index contributed by atoms with van der Waals surface area (Å²) in [6.45, 7) is 4.74. The number of hydrogen-bond acceptors (Lipinski definition) is 1. The summed E-state index contributed by atoms with van der Waals surface area (Å²) in [6.07, 6.45) is 1.87. The predicted octanol–water partition coefficient (Wildman–Crippen LogP) is 7.64. The molecule has 1 aliphatic carbocycles. The van der Waals surface area contributed by atoms with Crippen LogP contribution in [0.3, 0.4) is 0 Å². The third kappa shape index (κ3) is 2.12. The third-order valence-electron chi connectivity index (χ3n) is 7.21. The highest BCUT2D eigenvalue weighted by atomic mass is 15.1. The van der Waals surface area contributed by atoms with Crippen LogP contribution in [0.25, 0.3) is 49.5 Å². The van der Waals surface area contributed by atoms with E-state index >= 15 is 0 Å². The fraction of sp³-hybridized carbons (Fsp3) is 0.100. The lowest BCUT2D eigenvalue weighted by Crippen LogP contribution is -2.15. The van der Waals surface area contributed by atoms with E-state index in [1.807, 2.05) is 12.3 Å². The molecule has 0 N–H and O–H groups in total. The van der Waals surface area contributed by atoms with Crippen LogP contribution in [0.15, 0.2) is 97.2 Å². The van der Waals surface area contributed by atoms with Gasteiger partial charge in [0.15, 0.2) is 0 Å². The normalized spacial score (nSPS) is 14.2. The number of nitrogens with zero attached hydrogens (tertiary/aromatic N) is 2. The number of para-hydroxylation sites is 1. The Balaban J connectivity index is 1.73. The van der Waals surface area contributed by atoms with Crippen LogP contribution in [0.4, 0.5) is 0 Å². The molecule has 152 valence electrons. The Morgan fingerprint density at radius 2 is 1.44 bits per heavy atom. The van der Waals surface area contributed by atoms with Crippen molar-refractivity contribution in [3.63, 3.8) is 0 Å². The SMILES string of the molecule is CC1(C)c2ccccc2-c2ccc3ccc4c(c5ccccc5n4-c4ccccn4)c3c21. The summed E-state index contributed by atoms with van der Waals surface area (Å²) in [5.41, 5.74) is 7.91. The minimum atomic E-state index is -0.0616. The minimum Gasteiger partial charge on any atom is -0.294 e. The molecule has 0 saturated carbocycles. The Hall–Kier alpha value is -3.91. The Bertz CT molecular complexity index is 1690.